The molecule has 0 spiro atoms. The van der Waals surface area contributed by atoms with Gasteiger partial charge in [-0.05, 0) is 25.9 Å². The van der Waals surface area contributed by atoms with Gasteiger partial charge in [-0.1, -0.05) is 0 Å². The summed E-state index contributed by atoms with van der Waals surface area (Å²) in [5.74, 6) is -1.19. The minimum atomic E-state index is -1.16. The molecule has 0 atom stereocenters. The van der Waals surface area contributed by atoms with Crippen LogP contribution in [-0.2, 0) is 0 Å². The third-order valence-corrected chi connectivity index (χ3v) is 1.11. The van der Waals surface area contributed by atoms with E-state index < -0.39 is 11.6 Å². The van der Waals surface area contributed by atoms with Gasteiger partial charge in [0.05, 0.1) is 6.07 Å². The van der Waals surface area contributed by atoms with Crippen molar-refractivity contribution in [1.29, 1.82) is 0 Å². The molecule has 0 unspecified atom stereocenters. The summed E-state index contributed by atoms with van der Waals surface area (Å²) >= 11 is 0. The molecule has 0 aromatic carbocycles. The van der Waals surface area contributed by atoms with E-state index in [1.54, 1.807) is 0 Å². The van der Waals surface area contributed by atoms with Crippen molar-refractivity contribution in [3.63, 3.8) is 0 Å². The average Bonchev–Trinajstić information content (AvgIpc) is 2.31. The highest BCUT2D eigenvalue weighted by Gasteiger charge is 2.17. The standard InChI is InChI=1S/C8H11NO4/c1-8(2,3)12-6-4-5(7(10)11)13-9-6/h4H,1-3H3,(H,10,11). The second-order valence-corrected chi connectivity index (χ2v) is 3.55. The molecule has 1 N–H and O–H groups in total. The van der Waals surface area contributed by atoms with Gasteiger partial charge in [-0.15, -0.1) is 0 Å². The van der Waals surface area contributed by atoms with E-state index >= 15 is 0 Å². The highest BCUT2D eigenvalue weighted by atomic mass is 16.6. The van der Waals surface area contributed by atoms with E-state index in [1.807, 2.05) is 20.8 Å². The number of carboxylic acid groups (broad SMARTS) is 1. The number of ether oxygens (including phenoxy) is 1. The van der Waals surface area contributed by atoms with Crippen LogP contribution < -0.4 is 4.74 Å². The van der Waals surface area contributed by atoms with Crippen molar-refractivity contribution in [2.45, 2.75) is 26.4 Å². The minimum Gasteiger partial charge on any atom is -0.475 e. The summed E-state index contributed by atoms with van der Waals surface area (Å²) in [4.78, 5) is 10.4. The summed E-state index contributed by atoms with van der Waals surface area (Å²) in [5, 5.41) is 12.0. The lowest BCUT2D eigenvalue weighted by atomic mass is 10.2. The molecule has 13 heavy (non-hydrogen) atoms. The van der Waals surface area contributed by atoms with E-state index in [1.165, 1.54) is 6.07 Å². The molecule has 0 fully saturated rings. The molecule has 1 aromatic heterocycles. The Bertz CT molecular complexity index is 310. The molecular weight excluding hydrogens is 174 g/mol. The Kier molecular flexibility index (Phi) is 2.27. The molecule has 1 heterocycles. The molecular formula is C8H11NO4. The number of carbonyl (C=O) groups is 1. The second-order valence-electron chi connectivity index (χ2n) is 3.55. The molecule has 5 heteroatoms. The van der Waals surface area contributed by atoms with Crippen LogP contribution in [-0.4, -0.2) is 21.8 Å². The zero-order valence-electron chi connectivity index (χ0n) is 7.70. The van der Waals surface area contributed by atoms with Gasteiger partial charge in [0, 0.05) is 0 Å². The van der Waals surface area contributed by atoms with Gasteiger partial charge in [0.1, 0.15) is 5.60 Å². The second kappa shape index (κ2) is 3.08. The molecule has 1 aromatic rings. The fraction of sp³-hybridized carbons (Fsp3) is 0.500. The Hall–Kier alpha value is -1.52. The molecule has 0 saturated heterocycles. The summed E-state index contributed by atoms with van der Waals surface area (Å²) < 4.78 is 9.76. The van der Waals surface area contributed by atoms with E-state index in [0.717, 1.165) is 0 Å². The smallest absolute Gasteiger partial charge is 0.374 e. The highest BCUT2D eigenvalue weighted by molar-refractivity contribution is 5.84. The Morgan fingerprint density at radius 2 is 2.23 bits per heavy atom. The molecule has 72 valence electrons. The van der Waals surface area contributed by atoms with Crippen LogP contribution in [0.5, 0.6) is 5.88 Å². The summed E-state index contributed by atoms with van der Waals surface area (Å²) in [6.45, 7) is 5.51. The molecule has 0 bridgehead atoms. The molecule has 0 amide bonds. The largest absolute Gasteiger partial charge is 0.475 e. The van der Waals surface area contributed by atoms with Crippen LogP contribution in [0.3, 0.4) is 0 Å². The third kappa shape index (κ3) is 2.77. The van der Waals surface area contributed by atoms with Crippen LogP contribution in [0.2, 0.25) is 0 Å². The molecule has 0 aliphatic carbocycles. The number of carboxylic acids is 1. The Balaban J connectivity index is 2.75. The Morgan fingerprint density at radius 3 is 2.62 bits per heavy atom. The predicted molar refractivity (Wildman–Crippen MR) is 43.8 cm³/mol. The van der Waals surface area contributed by atoms with E-state index in [2.05, 4.69) is 9.68 Å². The number of rotatable bonds is 2. The SMILES string of the molecule is CC(C)(C)Oc1cc(C(=O)O)on1. The fourth-order valence-electron chi connectivity index (χ4n) is 0.722. The van der Waals surface area contributed by atoms with Crippen LogP contribution in [0.1, 0.15) is 31.3 Å². The first-order chi connectivity index (χ1) is 5.88. The Morgan fingerprint density at radius 1 is 1.62 bits per heavy atom. The maximum absolute atomic E-state index is 10.4. The van der Waals surface area contributed by atoms with Gasteiger partial charge in [0.2, 0.25) is 5.76 Å². The van der Waals surface area contributed by atoms with Gasteiger partial charge in [0.15, 0.2) is 0 Å². The van der Waals surface area contributed by atoms with Gasteiger partial charge in [-0.2, -0.15) is 0 Å². The van der Waals surface area contributed by atoms with Gasteiger partial charge in [-0.25, -0.2) is 4.79 Å². The van der Waals surface area contributed by atoms with Gasteiger partial charge >= 0.3 is 5.97 Å². The van der Waals surface area contributed by atoms with Crippen LogP contribution >= 0.6 is 0 Å². The lowest BCUT2D eigenvalue weighted by molar-refractivity contribution is 0.0651. The lowest BCUT2D eigenvalue weighted by Crippen LogP contribution is -2.23. The van der Waals surface area contributed by atoms with Crippen molar-refractivity contribution in [2.24, 2.45) is 0 Å². The van der Waals surface area contributed by atoms with Crippen molar-refractivity contribution >= 4 is 5.97 Å². The van der Waals surface area contributed by atoms with Crippen molar-refractivity contribution < 1.29 is 19.2 Å². The predicted octanol–water partition coefficient (Wildman–Crippen LogP) is 1.55. The fourth-order valence-corrected chi connectivity index (χ4v) is 0.722. The molecule has 0 aliphatic rings. The van der Waals surface area contributed by atoms with Crippen molar-refractivity contribution in [2.75, 3.05) is 0 Å². The molecule has 1 rings (SSSR count). The first-order valence-corrected chi connectivity index (χ1v) is 3.77. The third-order valence-electron chi connectivity index (χ3n) is 1.11. The van der Waals surface area contributed by atoms with Crippen molar-refractivity contribution in [3.8, 4) is 5.88 Å². The van der Waals surface area contributed by atoms with Gasteiger partial charge in [0.25, 0.3) is 5.88 Å². The Labute approximate surface area is 75.3 Å². The van der Waals surface area contributed by atoms with Crippen molar-refractivity contribution in [3.05, 3.63) is 11.8 Å². The van der Waals surface area contributed by atoms with Crippen LogP contribution in [0.4, 0.5) is 0 Å². The summed E-state index contributed by atoms with van der Waals surface area (Å²) in [5.41, 5.74) is -0.410. The lowest BCUT2D eigenvalue weighted by Gasteiger charge is -2.17. The number of hydrogen-bond acceptors (Lipinski definition) is 4. The van der Waals surface area contributed by atoms with Crippen LogP contribution in [0, 0.1) is 0 Å². The maximum atomic E-state index is 10.4. The highest BCUT2D eigenvalue weighted by Crippen LogP contribution is 2.17. The van der Waals surface area contributed by atoms with Crippen molar-refractivity contribution in [1.82, 2.24) is 5.16 Å². The quantitative estimate of drug-likeness (QED) is 0.756. The molecule has 0 aliphatic heterocycles. The zero-order valence-corrected chi connectivity index (χ0v) is 7.70. The summed E-state index contributed by atoms with van der Waals surface area (Å²) in [7, 11) is 0. The number of hydrogen-bond donors (Lipinski definition) is 1. The topological polar surface area (TPSA) is 72.6 Å². The zero-order chi connectivity index (χ0) is 10.1. The van der Waals surface area contributed by atoms with E-state index in [9.17, 15) is 4.79 Å². The normalized spacial score (nSPS) is 11.3. The molecule has 0 saturated carbocycles. The average molecular weight is 185 g/mol. The van der Waals surface area contributed by atoms with Crippen LogP contribution in [0.25, 0.3) is 0 Å². The number of aromatic nitrogens is 1. The first-order valence-electron chi connectivity index (χ1n) is 3.77. The molecule has 5 nitrogen and oxygen atoms in total. The van der Waals surface area contributed by atoms with E-state index in [0.29, 0.717) is 0 Å². The van der Waals surface area contributed by atoms with E-state index in [-0.39, 0.29) is 11.6 Å². The number of nitrogens with zero attached hydrogens (tertiary/aromatic N) is 1. The summed E-state index contributed by atoms with van der Waals surface area (Å²) in [6.07, 6.45) is 0. The first kappa shape index (κ1) is 9.57. The minimum absolute atomic E-state index is 0.185. The number of aromatic carboxylic acids is 1. The molecule has 0 radical (unpaired) electrons. The van der Waals surface area contributed by atoms with Gasteiger partial charge in [-0.3, -0.25) is 0 Å². The van der Waals surface area contributed by atoms with E-state index in [4.69, 9.17) is 9.84 Å². The summed E-state index contributed by atoms with van der Waals surface area (Å²) in [6, 6.07) is 1.24. The van der Waals surface area contributed by atoms with Gasteiger partial charge < -0.3 is 14.4 Å². The van der Waals surface area contributed by atoms with Crippen LogP contribution in [0.15, 0.2) is 10.6 Å². The monoisotopic (exact) mass is 185 g/mol. The maximum Gasteiger partial charge on any atom is 0.374 e.